The van der Waals surface area contributed by atoms with Crippen LogP contribution in [0.2, 0.25) is 0 Å². The van der Waals surface area contributed by atoms with Gasteiger partial charge in [-0.05, 0) is 37.0 Å². The first-order chi connectivity index (χ1) is 9.28. The fourth-order valence-corrected chi connectivity index (χ4v) is 1.72. The van der Waals surface area contributed by atoms with Crippen LogP contribution in [0.15, 0.2) is 24.3 Å². The summed E-state index contributed by atoms with van der Waals surface area (Å²) in [5, 5.41) is 2.71. The van der Waals surface area contributed by atoms with Crippen molar-refractivity contribution in [3.05, 3.63) is 29.8 Å². The first-order valence-corrected chi connectivity index (χ1v) is 6.20. The highest BCUT2D eigenvalue weighted by atomic mass is 19.4. The molecule has 1 fully saturated rings. The molecule has 1 aliphatic rings. The zero-order valence-corrected chi connectivity index (χ0v) is 10.7. The van der Waals surface area contributed by atoms with Gasteiger partial charge in [-0.15, -0.1) is 13.2 Å². The first kappa shape index (κ1) is 14.6. The average Bonchev–Trinajstić information content (AvgIpc) is 3.09. The van der Waals surface area contributed by atoms with Gasteiger partial charge in [0.15, 0.2) is 0 Å². The molecule has 0 heterocycles. The fraction of sp³-hybridized carbons (Fsp3) is 0.462. The van der Waals surface area contributed by atoms with E-state index in [1.54, 1.807) is 0 Å². The molecule has 20 heavy (non-hydrogen) atoms. The molecular weight excluding hydrogens is 273 g/mol. The molecule has 1 amide bonds. The second-order valence-corrected chi connectivity index (χ2v) is 4.85. The molecule has 0 unspecified atom stereocenters. The summed E-state index contributed by atoms with van der Waals surface area (Å²) in [5.41, 5.74) is 5.82. The van der Waals surface area contributed by atoms with Gasteiger partial charge in [0.1, 0.15) is 5.75 Å². The Morgan fingerprint density at radius 1 is 1.30 bits per heavy atom. The molecule has 0 bridgehead atoms. The van der Waals surface area contributed by atoms with Crippen molar-refractivity contribution in [1.82, 2.24) is 5.32 Å². The minimum Gasteiger partial charge on any atom is -0.406 e. The van der Waals surface area contributed by atoms with E-state index in [4.69, 9.17) is 5.73 Å². The SMILES string of the molecule is NC1(C(=O)NCCc2ccc(OC(F)(F)F)cc2)CC1. The van der Waals surface area contributed by atoms with Crippen LogP contribution in [-0.4, -0.2) is 24.4 Å². The molecule has 1 aromatic carbocycles. The molecule has 110 valence electrons. The molecule has 1 aliphatic carbocycles. The molecule has 0 radical (unpaired) electrons. The van der Waals surface area contributed by atoms with Crippen molar-refractivity contribution >= 4 is 5.91 Å². The molecule has 0 spiro atoms. The van der Waals surface area contributed by atoms with E-state index < -0.39 is 11.9 Å². The third-order valence-corrected chi connectivity index (χ3v) is 3.10. The van der Waals surface area contributed by atoms with Gasteiger partial charge in [0.25, 0.3) is 0 Å². The molecule has 0 atom stereocenters. The van der Waals surface area contributed by atoms with E-state index in [0.29, 0.717) is 25.8 Å². The molecule has 0 saturated heterocycles. The predicted molar refractivity (Wildman–Crippen MR) is 66.0 cm³/mol. The predicted octanol–water partition coefficient (Wildman–Crippen LogP) is 1.74. The van der Waals surface area contributed by atoms with Crippen molar-refractivity contribution in [3.8, 4) is 5.75 Å². The highest BCUT2D eigenvalue weighted by molar-refractivity contribution is 5.88. The normalized spacial score (nSPS) is 16.6. The number of halogens is 3. The number of benzene rings is 1. The van der Waals surface area contributed by atoms with Crippen LogP contribution in [0.4, 0.5) is 13.2 Å². The van der Waals surface area contributed by atoms with E-state index in [1.807, 2.05) is 0 Å². The smallest absolute Gasteiger partial charge is 0.406 e. The third kappa shape index (κ3) is 4.12. The van der Waals surface area contributed by atoms with E-state index in [-0.39, 0.29) is 11.7 Å². The number of nitrogens with two attached hydrogens (primary N) is 1. The number of carbonyl (C=O) groups excluding carboxylic acids is 1. The summed E-state index contributed by atoms with van der Waals surface area (Å²) in [5.74, 6) is -0.432. The average molecular weight is 288 g/mol. The Balaban J connectivity index is 1.77. The van der Waals surface area contributed by atoms with Crippen molar-refractivity contribution in [2.45, 2.75) is 31.2 Å². The van der Waals surface area contributed by atoms with Gasteiger partial charge in [-0.3, -0.25) is 4.79 Å². The van der Waals surface area contributed by atoms with E-state index in [9.17, 15) is 18.0 Å². The summed E-state index contributed by atoms with van der Waals surface area (Å²) in [6.45, 7) is 0.400. The summed E-state index contributed by atoms with van der Waals surface area (Å²) in [6, 6.07) is 5.55. The van der Waals surface area contributed by atoms with Gasteiger partial charge in [0, 0.05) is 6.54 Å². The highest BCUT2D eigenvalue weighted by Gasteiger charge is 2.45. The molecule has 4 nitrogen and oxygen atoms in total. The van der Waals surface area contributed by atoms with Crippen molar-refractivity contribution in [2.75, 3.05) is 6.54 Å². The standard InChI is InChI=1S/C13H15F3N2O2/c14-13(15,16)20-10-3-1-9(2-4-10)5-8-18-11(19)12(17)6-7-12/h1-4H,5-8,17H2,(H,18,19). The van der Waals surface area contributed by atoms with Crippen LogP contribution < -0.4 is 15.8 Å². The lowest BCUT2D eigenvalue weighted by Gasteiger charge is -2.11. The van der Waals surface area contributed by atoms with Gasteiger partial charge in [-0.1, -0.05) is 12.1 Å². The number of nitrogens with one attached hydrogen (secondary N) is 1. The Bertz CT molecular complexity index is 481. The van der Waals surface area contributed by atoms with Crippen LogP contribution in [0.25, 0.3) is 0 Å². The number of carbonyl (C=O) groups is 1. The Morgan fingerprint density at radius 3 is 2.40 bits per heavy atom. The molecule has 0 aliphatic heterocycles. The summed E-state index contributed by atoms with van der Waals surface area (Å²) in [4.78, 5) is 11.5. The highest BCUT2D eigenvalue weighted by Crippen LogP contribution is 2.32. The minimum absolute atomic E-state index is 0.172. The second kappa shape index (κ2) is 5.32. The van der Waals surface area contributed by atoms with Crippen LogP contribution in [0, 0.1) is 0 Å². The van der Waals surface area contributed by atoms with Crippen LogP contribution >= 0.6 is 0 Å². The van der Waals surface area contributed by atoms with E-state index >= 15 is 0 Å². The van der Waals surface area contributed by atoms with Crippen LogP contribution in [0.5, 0.6) is 5.75 Å². The third-order valence-electron chi connectivity index (χ3n) is 3.10. The zero-order valence-electron chi connectivity index (χ0n) is 10.7. The van der Waals surface area contributed by atoms with Gasteiger partial charge in [-0.2, -0.15) is 0 Å². The van der Waals surface area contributed by atoms with Crippen LogP contribution in [0.1, 0.15) is 18.4 Å². The monoisotopic (exact) mass is 288 g/mol. The maximum atomic E-state index is 12.0. The van der Waals surface area contributed by atoms with Gasteiger partial charge < -0.3 is 15.8 Å². The first-order valence-electron chi connectivity index (χ1n) is 6.20. The lowest BCUT2D eigenvalue weighted by molar-refractivity contribution is -0.274. The van der Waals surface area contributed by atoms with E-state index in [1.165, 1.54) is 24.3 Å². The lowest BCUT2D eigenvalue weighted by atomic mass is 10.1. The van der Waals surface area contributed by atoms with Crippen molar-refractivity contribution in [1.29, 1.82) is 0 Å². The molecule has 0 aromatic heterocycles. The Kier molecular flexibility index (Phi) is 3.89. The van der Waals surface area contributed by atoms with Crippen molar-refractivity contribution in [2.24, 2.45) is 5.73 Å². The number of hydrogen-bond acceptors (Lipinski definition) is 3. The molecule has 2 rings (SSSR count). The topological polar surface area (TPSA) is 64.4 Å². The fourth-order valence-electron chi connectivity index (χ4n) is 1.72. The second-order valence-electron chi connectivity index (χ2n) is 4.85. The lowest BCUT2D eigenvalue weighted by Crippen LogP contribution is -2.43. The van der Waals surface area contributed by atoms with Crippen molar-refractivity contribution in [3.63, 3.8) is 0 Å². The summed E-state index contributed by atoms with van der Waals surface area (Å²) < 4.78 is 39.7. The van der Waals surface area contributed by atoms with Gasteiger partial charge in [0.05, 0.1) is 5.54 Å². The van der Waals surface area contributed by atoms with Crippen LogP contribution in [0.3, 0.4) is 0 Å². The number of amides is 1. The number of rotatable bonds is 5. The van der Waals surface area contributed by atoms with Crippen LogP contribution in [-0.2, 0) is 11.2 Å². The number of alkyl halides is 3. The Labute approximate surface area is 114 Å². The summed E-state index contributed by atoms with van der Waals surface area (Å²) in [7, 11) is 0. The maximum Gasteiger partial charge on any atom is 0.573 e. The summed E-state index contributed by atoms with van der Waals surface area (Å²) in [6.07, 6.45) is -2.77. The molecule has 1 aromatic rings. The summed E-state index contributed by atoms with van der Waals surface area (Å²) >= 11 is 0. The minimum atomic E-state index is -4.69. The van der Waals surface area contributed by atoms with E-state index in [0.717, 1.165) is 5.56 Å². The largest absolute Gasteiger partial charge is 0.573 e. The van der Waals surface area contributed by atoms with Gasteiger partial charge in [0.2, 0.25) is 5.91 Å². The molecule has 1 saturated carbocycles. The zero-order chi connectivity index (χ0) is 14.8. The van der Waals surface area contributed by atoms with Crippen molar-refractivity contribution < 1.29 is 22.7 Å². The Morgan fingerprint density at radius 2 is 1.90 bits per heavy atom. The Hall–Kier alpha value is -1.76. The van der Waals surface area contributed by atoms with E-state index in [2.05, 4.69) is 10.1 Å². The van der Waals surface area contributed by atoms with Gasteiger partial charge in [-0.25, -0.2) is 0 Å². The quantitative estimate of drug-likeness (QED) is 0.867. The molecule has 3 N–H and O–H groups in total. The maximum absolute atomic E-state index is 12.0. The molecule has 7 heteroatoms. The number of ether oxygens (including phenoxy) is 1. The number of hydrogen-bond donors (Lipinski definition) is 2. The van der Waals surface area contributed by atoms with Gasteiger partial charge >= 0.3 is 6.36 Å². The molecular formula is C13H15F3N2O2.